The fourth-order valence-corrected chi connectivity index (χ4v) is 3.32. The Labute approximate surface area is 165 Å². The van der Waals surface area contributed by atoms with Crippen molar-refractivity contribution in [3.8, 4) is 0 Å². The Bertz CT molecular complexity index is 1140. The molecule has 4 rings (SSSR count). The van der Waals surface area contributed by atoms with Crippen LogP contribution in [0, 0.1) is 5.82 Å². The van der Waals surface area contributed by atoms with Crippen LogP contribution in [0.15, 0.2) is 53.7 Å². The van der Waals surface area contributed by atoms with Gasteiger partial charge in [0.2, 0.25) is 5.91 Å². The molecule has 8 nitrogen and oxygen atoms in total. The number of nitrogens with one attached hydrogen (secondary N) is 1. The number of fused-ring (bicyclic) bond motifs is 1. The predicted molar refractivity (Wildman–Crippen MR) is 106 cm³/mol. The van der Waals surface area contributed by atoms with Crippen molar-refractivity contribution in [1.29, 1.82) is 0 Å². The summed E-state index contributed by atoms with van der Waals surface area (Å²) < 4.78 is 16.2. The molecule has 1 aliphatic heterocycles. The number of hydrogen-bond donors (Lipinski definition) is 2. The Morgan fingerprint density at radius 2 is 2.07 bits per heavy atom. The number of rotatable bonds is 3. The van der Waals surface area contributed by atoms with Crippen molar-refractivity contribution in [1.82, 2.24) is 14.5 Å². The van der Waals surface area contributed by atoms with Crippen LogP contribution in [-0.4, -0.2) is 39.3 Å². The zero-order valence-electron chi connectivity index (χ0n) is 15.9. The van der Waals surface area contributed by atoms with E-state index >= 15 is 0 Å². The molecule has 1 unspecified atom stereocenters. The second kappa shape index (κ2) is 6.69. The van der Waals surface area contributed by atoms with Crippen molar-refractivity contribution < 1.29 is 14.0 Å². The minimum absolute atomic E-state index is 0.0160. The molecule has 0 saturated carbocycles. The Morgan fingerprint density at radius 3 is 2.79 bits per heavy atom. The van der Waals surface area contributed by atoms with Crippen molar-refractivity contribution in [2.24, 2.45) is 10.7 Å². The summed E-state index contributed by atoms with van der Waals surface area (Å²) in [5.74, 6) is -1.22. The number of amides is 2. The van der Waals surface area contributed by atoms with E-state index in [-0.39, 0.29) is 29.5 Å². The van der Waals surface area contributed by atoms with Gasteiger partial charge in [-0.15, -0.1) is 0 Å². The number of nitrogens with zero attached hydrogens (tertiary/aromatic N) is 4. The van der Waals surface area contributed by atoms with Crippen molar-refractivity contribution in [3.05, 3.63) is 65.7 Å². The lowest BCUT2D eigenvalue weighted by Crippen LogP contribution is -2.47. The van der Waals surface area contributed by atoms with Crippen LogP contribution in [0.4, 0.5) is 10.1 Å². The van der Waals surface area contributed by atoms with Crippen molar-refractivity contribution in [2.75, 3.05) is 12.4 Å². The summed E-state index contributed by atoms with van der Waals surface area (Å²) in [6.07, 6.45) is 1.70. The van der Waals surface area contributed by atoms with E-state index < -0.39 is 17.3 Å². The quantitative estimate of drug-likeness (QED) is 0.710. The summed E-state index contributed by atoms with van der Waals surface area (Å²) in [6.45, 7) is 1.64. The molecule has 1 aliphatic rings. The fourth-order valence-electron chi connectivity index (χ4n) is 3.32. The van der Waals surface area contributed by atoms with Gasteiger partial charge >= 0.3 is 0 Å². The highest BCUT2D eigenvalue weighted by atomic mass is 19.1. The number of nitrogens with two attached hydrogens (primary N) is 1. The van der Waals surface area contributed by atoms with Gasteiger partial charge in [0, 0.05) is 24.5 Å². The molecule has 29 heavy (non-hydrogen) atoms. The SMILES string of the molecule is CN1C(=O)CC(C)(c2cc(NC(=O)c3cc4ccccn4n3)ccc2F)N=C1N. The van der Waals surface area contributed by atoms with Gasteiger partial charge < -0.3 is 11.1 Å². The number of carbonyl (C=O) groups excluding carboxylic acids is 2. The highest BCUT2D eigenvalue weighted by Crippen LogP contribution is 2.35. The van der Waals surface area contributed by atoms with Gasteiger partial charge in [0.05, 0.1) is 17.5 Å². The number of hydrogen-bond acceptors (Lipinski definition) is 5. The van der Waals surface area contributed by atoms with Gasteiger partial charge in [0.15, 0.2) is 11.7 Å². The number of halogens is 1. The normalized spacial score (nSPS) is 19.3. The summed E-state index contributed by atoms with van der Waals surface area (Å²) in [4.78, 5) is 30.3. The molecule has 9 heteroatoms. The third-order valence-electron chi connectivity index (χ3n) is 4.98. The molecule has 2 aromatic heterocycles. The van der Waals surface area contributed by atoms with Gasteiger partial charge in [-0.25, -0.2) is 13.9 Å². The molecule has 1 aromatic carbocycles. The fraction of sp³-hybridized carbons (Fsp3) is 0.200. The maximum atomic E-state index is 14.6. The molecule has 3 heterocycles. The zero-order chi connectivity index (χ0) is 20.8. The van der Waals surface area contributed by atoms with Crippen LogP contribution in [0.25, 0.3) is 5.52 Å². The van der Waals surface area contributed by atoms with Gasteiger partial charge in [-0.05, 0) is 43.3 Å². The van der Waals surface area contributed by atoms with E-state index in [4.69, 9.17) is 5.73 Å². The maximum absolute atomic E-state index is 14.6. The molecule has 0 fully saturated rings. The van der Waals surface area contributed by atoms with Crippen LogP contribution in [0.3, 0.4) is 0 Å². The molecular weight excluding hydrogens is 375 g/mol. The molecule has 148 valence electrons. The first-order chi connectivity index (χ1) is 13.8. The first kappa shape index (κ1) is 18.6. The van der Waals surface area contributed by atoms with Gasteiger partial charge in [0.25, 0.3) is 5.91 Å². The summed E-state index contributed by atoms with van der Waals surface area (Å²) in [7, 11) is 1.52. The van der Waals surface area contributed by atoms with Crippen LogP contribution in [-0.2, 0) is 10.3 Å². The maximum Gasteiger partial charge on any atom is 0.276 e. The van der Waals surface area contributed by atoms with Crippen LogP contribution in [0.2, 0.25) is 0 Å². The molecular formula is C20H19FN6O2. The Hall–Kier alpha value is -3.75. The highest BCUT2D eigenvalue weighted by molar-refractivity contribution is 6.03. The average molecular weight is 394 g/mol. The molecule has 0 saturated heterocycles. The largest absolute Gasteiger partial charge is 0.369 e. The van der Waals surface area contributed by atoms with Gasteiger partial charge in [-0.2, -0.15) is 5.10 Å². The van der Waals surface area contributed by atoms with E-state index in [0.29, 0.717) is 5.69 Å². The van der Waals surface area contributed by atoms with Crippen LogP contribution in [0.1, 0.15) is 29.4 Å². The minimum atomic E-state index is -1.17. The molecule has 0 bridgehead atoms. The van der Waals surface area contributed by atoms with E-state index in [0.717, 1.165) is 5.52 Å². The first-order valence-electron chi connectivity index (χ1n) is 8.94. The van der Waals surface area contributed by atoms with E-state index in [9.17, 15) is 14.0 Å². The van der Waals surface area contributed by atoms with E-state index in [2.05, 4.69) is 15.4 Å². The molecule has 0 spiro atoms. The first-order valence-corrected chi connectivity index (χ1v) is 8.94. The summed E-state index contributed by atoms with van der Waals surface area (Å²) >= 11 is 0. The molecule has 3 N–H and O–H groups in total. The number of pyridine rings is 1. The number of carbonyl (C=O) groups is 2. The lowest BCUT2D eigenvalue weighted by Gasteiger charge is -2.34. The number of guanidine groups is 1. The summed E-state index contributed by atoms with van der Waals surface area (Å²) in [5.41, 5.74) is 6.20. The van der Waals surface area contributed by atoms with E-state index in [1.54, 1.807) is 23.7 Å². The highest BCUT2D eigenvalue weighted by Gasteiger charge is 2.38. The molecule has 0 radical (unpaired) electrons. The Kier molecular flexibility index (Phi) is 4.30. The third kappa shape index (κ3) is 3.31. The van der Waals surface area contributed by atoms with Crippen LogP contribution in [0.5, 0.6) is 0 Å². The lowest BCUT2D eigenvalue weighted by molar-refractivity contribution is -0.128. The average Bonchev–Trinajstić information content (AvgIpc) is 3.12. The second-order valence-electron chi connectivity index (χ2n) is 7.12. The Balaban J connectivity index is 1.65. The van der Waals surface area contributed by atoms with Gasteiger partial charge in [-0.1, -0.05) is 6.07 Å². The lowest BCUT2D eigenvalue weighted by atomic mass is 9.87. The molecule has 2 amide bonds. The zero-order valence-corrected chi connectivity index (χ0v) is 15.9. The van der Waals surface area contributed by atoms with Crippen LogP contribution >= 0.6 is 0 Å². The standard InChI is InChI=1S/C20H19FN6O2/c1-20(11-17(28)26(2)19(22)24-20)14-9-12(6-7-15(14)21)23-18(29)16-10-13-5-3-4-8-27(13)25-16/h3-10H,11H2,1-2H3,(H2,22,24)(H,23,29). The summed E-state index contributed by atoms with van der Waals surface area (Å²) in [5, 5.41) is 6.94. The molecule has 1 atom stereocenters. The number of aliphatic imine (C=N–C) groups is 1. The van der Waals surface area contributed by atoms with Gasteiger partial charge in [-0.3, -0.25) is 14.5 Å². The smallest absolute Gasteiger partial charge is 0.276 e. The molecule has 3 aromatic rings. The number of aromatic nitrogens is 2. The van der Waals surface area contributed by atoms with E-state index in [1.807, 2.05) is 18.2 Å². The summed E-state index contributed by atoms with van der Waals surface area (Å²) in [6, 6.07) is 11.3. The van der Waals surface area contributed by atoms with Crippen molar-refractivity contribution in [3.63, 3.8) is 0 Å². The van der Waals surface area contributed by atoms with Crippen molar-refractivity contribution in [2.45, 2.75) is 18.9 Å². The van der Waals surface area contributed by atoms with Crippen molar-refractivity contribution >= 4 is 29.0 Å². The third-order valence-corrected chi connectivity index (χ3v) is 4.98. The number of anilines is 1. The monoisotopic (exact) mass is 394 g/mol. The second-order valence-corrected chi connectivity index (χ2v) is 7.12. The number of benzene rings is 1. The van der Waals surface area contributed by atoms with Gasteiger partial charge in [0.1, 0.15) is 5.82 Å². The Morgan fingerprint density at radius 1 is 1.28 bits per heavy atom. The van der Waals surface area contributed by atoms with Crippen LogP contribution < -0.4 is 11.1 Å². The van der Waals surface area contributed by atoms with E-state index in [1.165, 1.54) is 30.1 Å². The predicted octanol–water partition coefficient (Wildman–Crippen LogP) is 2.12. The molecule has 0 aliphatic carbocycles. The minimum Gasteiger partial charge on any atom is -0.369 e. The topological polar surface area (TPSA) is 105 Å².